The summed E-state index contributed by atoms with van der Waals surface area (Å²) in [6, 6.07) is 18.4. The lowest BCUT2D eigenvalue weighted by atomic mass is 10.1. The molecule has 0 amide bonds. The van der Waals surface area contributed by atoms with Gasteiger partial charge in [-0.2, -0.15) is 0 Å². The Morgan fingerprint density at radius 2 is 1.60 bits per heavy atom. The van der Waals surface area contributed by atoms with Gasteiger partial charge in [-0.15, -0.1) is 0 Å². The first-order valence-corrected chi connectivity index (χ1v) is 8.82. The summed E-state index contributed by atoms with van der Waals surface area (Å²) >= 11 is 0. The summed E-state index contributed by atoms with van der Waals surface area (Å²) < 4.78 is 27.9. The summed E-state index contributed by atoms with van der Waals surface area (Å²) in [7, 11) is -3.86. The first-order valence-electron chi connectivity index (χ1n) is 7.34. The molecule has 3 aromatic rings. The number of anilines is 1. The van der Waals surface area contributed by atoms with E-state index < -0.39 is 16.0 Å². The molecule has 6 nitrogen and oxygen atoms in total. The normalized spacial score (nSPS) is 11.0. The average Bonchev–Trinajstić information content (AvgIpc) is 2.62. The maximum absolute atomic E-state index is 12.8. The van der Waals surface area contributed by atoms with Gasteiger partial charge in [-0.25, -0.2) is 18.2 Å². The zero-order chi connectivity index (χ0) is 17.9. The smallest absolute Gasteiger partial charge is 0.354 e. The number of pyridine rings is 1. The molecule has 0 saturated heterocycles. The standard InChI is InChI=1S/C18H14N2O4S/c21-18(22)16-11-10-14(12-19-16)20-25(23,24)17-9-5-4-8-15(17)13-6-2-1-3-7-13/h1-12,20H,(H,21,22). The van der Waals surface area contributed by atoms with E-state index in [2.05, 4.69) is 9.71 Å². The second kappa shape index (κ2) is 6.74. The number of benzene rings is 2. The Hall–Kier alpha value is -3.19. The zero-order valence-corrected chi connectivity index (χ0v) is 13.8. The number of carboxylic acid groups (broad SMARTS) is 1. The molecule has 0 saturated carbocycles. The van der Waals surface area contributed by atoms with Gasteiger partial charge < -0.3 is 5.11 Å². The van der Waals surface area contributed by atoms with Crippen LogP contribution in [0.1, 0.15) is 10.5 Å². The number of hydrogen-bond donors (Lipinski definition) is 2. The van der Waals surface area contributed by atoms with Crippen molar-refractivity contribution in [2.75, 3.05) is 4.72 Å². The zero-order valence-electron chi connectivity index (χ0n) is 13.0. The van der Waals surface area contributed by atoms with Crippen LogP contribution in [0.2, 0.25) is 0 Å². The minimum atomic E-state index is -3.86. The average molecular weight is 354 g/mol. The third-order valence-electron chi connectivity index (χ3n) is 3.50. The fourth-order valence-corrected chi connectivity index (χ4v) is 3.62. The molecule has 1 aromatic heterocycles. The number of hydrogen-bond acceptors (Lipinski definition) is 4. The number of sulfonamides is 1. The second-order valence-corrected chi connectivity index (χ2v) is 6.86. The van der Waals surface area contributed by atoms with Crippen molar-refractivity contribution in [3.05, 3.63) is 78.6 Å². The van der Waals surface area contributed by atoms with E-state index >= 15 is 0 Å². The van der Waals surface area contributed by atoms with Gasteiger partial charge in [-0.05, 0) is 23.8 Å². The highest BCUT2D eigenvalue weighted by Gasteiger charge is 2.19. The molecule has 0 aliphatic rings. The van der Waals surface area contributed by atoms with Gasteiger partial charge in [-0.1, -0.05) is 48.5 Å². The van der Waals surface area contributed by atoms with E-state index in [1.807, 2.05) is 30.3 Å². The molecule has 0 radical (unpaired) electrons. The van der Waals surface area contributed by atoms with Crippen molar-refractivity contribution in [3.8, 4) is 11.1 Å². The third-order valence-corrected chi connectivity index (χ3v) is 4.94. The number of aromatic nitrogens is 1. The lowest BCUT2D eigenvalue weighted by Crippen LogP contribution is -2.14. The molecule has 0 atom stereocenters. The Morgan fingerprint density at radius 1 is 0.920 bits per heavy atom. The van der Waals surface area contributed by atoms with Crippen LogP contribution in [-0.2, 0) is 10.0 Å². The lowest BCUT2D eigenvalue weighted by Gasteiger charge is -2.12. The first-order chi connectivity index (χ1) is 12.0. The van der Waals surface area contributed by atoms with Crippen LogP contribution in [-0.4, -0.2) is 24.5 Å². The van der Waals surface area contributed by atoms with Crippen LogP contribution in [0.4, 0.5) is 5.69 Å². The van der Waals surface area contributed by atoms with Gasteiger partial charge in [-0.3, -0.25) is 4.72 Å². The topological polar surface area (TPSA) is 96.4 Å². The molecular weight excluding hydrogens is 340 g/mol. The fourth-order valence-electron chi connectivity index (χ4n) is 2.35. The van der Waals surface area contributed by atoms with Crippen LogP contribution in [0.25, 0.3) is 11.1 Å². The Kier molecular flexibility index (Phi) is 4.49. The predicted octanol–water partition coefficient (Wildman–Crippen LogP) is 3.25. The summed E-state index contributed by atoms with van der Waals surface area (Å²) in [5.74, 6) is -1.18. The monoisotopic (exact) mass is 354 g/mol. The molecule has 126 valence electrons. The Labute approximate surface area is 144 Å². The highest BCUT2D eigenvalue weighted by Crippen LogP contribution is 2.28. The van der Waals surface area contributed by atoms with E-state index in [-0.39, 0.29) is 16.3 Å². The Balaban J connectivity index is 1.97. The summed E-state index contributed by atoms with van der Waals surface area (Å²) in [5, 5.41) is 8.85. The quantitative estimate of drug-likeness (QED) is 0.733. The number of aromatic carboxylic acids is 1. The van der Waals surface area contributed by atoms with Gasteiger partial charge in [0.25, 0.3) is 10.0 Å². The van der Waals surface area contributed by atoms with Crippen molar-refractivity contribution >= 4 is 21.7 Å². The maximum atomic E-state index is 12.8. The van der Waals surface area contributed by atoms with Crippen molar-refractivity contribution in [1.29, 1.82) is 0 Å². The number of carboxylic acids is 1. The molecule has 0 spiro atoms. The Morgan fingerprint density at radius 3 is 2.24 bits per heavy atom. The van der Waals surface area contributed by atoms with Crippen molar-refractivity contribution < 1.29 is 18.3 Å². The van der Waals surface area contributed by atoms with E-state index in [1.54, 1.807) is 18.2 Å². The van der Waals surface area contributed by atoms with Gasteiger partial charge in [0.2, 0.25) is 0 Å². The Bertz CT molecular complexity index is 1000. The molecule has 2 aromatic carbocycles. The molecule has 0 aliphatic carbocycles. The maximum Gasteiger partial charge on any atom is 0.354 e. The fraction of sp³-hybridized carbons (Fsp3) is 0. The van der Waals surface area contributed by atoms with Crippen LogP contribution in [0.3, 0.4) is 0 Å². The van der Waals surface area contributed by atoms with Gasteiger partial charge >= 0.3 is 5.97 Å². The van der Waals surface area contributed by atoms with Crippen LogP contribution >= 0.6 is 0 Å². The number of carbonyl (C=O) groups is 1. The largest absolute Gasteiger partial charge is 0.477 e. The molecule has 7 heteroatoms. The minimum Gasteiger partial charge on any atom is -0.477 e. The molecule has 25 heavy (non-hydrogen) atoms. The van der Waals surface area contributed by atoms with E-state index in [4.69, 9.17) is 5.11 Å². The molecule has 0 aliphatic heterocycles. The molecule has 0 fully saturated rings. The molecule has 0 unspecified atom stereocenters. The highest BCUT2D eigenvalue weighted by atomic mass is 32.2. The van der Waals surface area contributed by atoms with Gasteiger partial charge in [0.1, 0.15) is 5.69 Å². The van der Waals surface area contributed by atoms with Crippen LogP contribution in [0.15, 0.2) is 77.8 Å². The lowest BCUT2D eigenvalue weighted by molar-refractivity contribution is 0.0690. The van der Waals surface area contributed by atoms with Gasteiger partial charge in [0.05, 0.1) is 16.8 Å². The van der Waals surface area contributed by atoms with Crippen LogP contribution in [0, 0.1) is 0 Å². The highest BCUT2D eigenvalue weighted by molar-refractivity contribution is 7.92. The van der Waals surface area contributed by atoms with Gasteiger partial charge in [0.15, 0.2) is 0 Å². The number of nitrogens with zero attached hydrogens (tertiary/aromatic N) is 1. The summed E-state index contributed by atoms with van der Waals surface area (Å²) in [6.07, 6.45) is 1.17. The summed E-state index contributed by atoms with van der Waals surface area (Å²) in [6.45, 7) is 0. The second-order valence-electron chi connectivity index (χ2n) is 5.20. The third kappa shape index (κ3) is 3.67. The van der Waals surface area contributed by atoms with Crippen molar-refractivity contribution in [1.82, 2.24) is 4.98 Å². The van der Waals surface area contributed by atoms with E-state index in [9.17, 15) is 13.2 Å². The predicted molar refractivity (Wildman–Crippen MR) is 93.9 cm³/mol. The number of rotatable bonds is 5. The SMILES string of the molecule is O=C(O)c1ccc(NS(=O)(=O)c2ccccc2-c2ccccc2)cn1. The molecular formula is C18H14N2O4S. The summed E-state index contributed by atoms with van der Waals surface area (Å²) in [5.41, 5.74) is 1.38. The number of nitrogens with one attached hydrogen (secondary N) is 1. The van der Waals surface area contributed by atoms with E-state index in [1.165, 1.54) is 24.4 Å². The summed E-state index contributed by atoms with van der Waals surface area (Å²) in [4.78, 5) is 14.7. The van der Waals surface area contributed by atoms with Crippen molar-refractivity contribution in [3.63, 3.8) is 0 Å². The molecule has 3 rings (SSSR count). The molecule has 0 bridgehead atoms. The minimum absolute atomic E-state index is 0.128. The van der Waals surface area contributed by atoms with E-state index in [0.717, 1.165) is 5.56 Å². The van der Waals surface area contributed by atoms with E-state index in [0.29, 0.717) is 5.56 Å². The van der Waals surface area contributed by atoms with Crippen molar-refractivity contribution in [2.24, 2.45) is 0 Å². The van der Waals surface area contributed by atoms with Crippen LogP contribution < -0.4 is 4.72 Å². The van der Waals surface area contributed by atoms with Gasteiger partial charge in [0, 0.05) is 5.56 Å². The van der Waals surface area contributed by atoms with Crippen LogP contribution in [0.5, 0.6) is 0 Å². The molecule has 1 heterocycles. The first kappa shape index (κ1) is 16.7. The van der Waals surface area contributed by atoms with Crippen molar-refractivity contribution in [2.45, 2.75) is 4.90 Å². The molecule has 2 N–H and O–H groups in total.